The van der Waals surface area contributed by atoms with E-state index in [0.29, 0.717) is 17.7 Å². The van der Waals surface area contributed by atoms with Gasteiger partial charge in [-0.05, 0) is 31.8 Å². The van der Waals surface area contributed by atoms with Crippen LogP contribution in [0.5, 0.6) is 0 Å². The van der Waals surface area contributed by atoms with Crippen molar-refractivity contribution in [3.63, 3.8) is 0 Å². The lowest BCUT2D eigenvalue weighted by molar-refractivity contribution is 0.172. The maximum absolute atomic E-state index is 9.76. The van der Waals surface area contributed by atoms with Gasteiger partial charge in [0, 0.05) is 10.2 Å². The van der Waals surface area contributed by atoms with Crippen molar-refractivity contribution >= 4 is 39.1 Å². The molecule has 0 rings (SSSR count). The third-order valence-corrected chi connectivity index (χ3v) is 5.22. The van der Waals surface area contributed by atoms with Crippen LogP contribution in [0.3, 0.4) is 0 Å². The summed E-state index contributed by atoms with van der Waals surface area (Å²) in [6.07, 6.45) is 14.7. The van der Waals surface area contributed by atoms with Gasteiger partial charge in [0.15, 0.2) is 0 Å². The molecule has 0 saturated heterocycles. The van der Waals surface area contributed by atoms with Crippen LogP contribution in [-0.2, 0) is 0 Å². The van der Waals surface area contributed by atoms with Crippen molar-refractivity contribution in [3.8, 4) is 12.3 Å². The fraction of sp³-hybridized carbons (Fsp3) is 0.600. The summed E-state index contributed by atoms with van der Waals surface area (Å²) in [6.45, 7) is 2.09. The van der Waals surface area contributed by atoms with E-state index in [1.54, 1.807) is 12.2 Å². The van der Waals surface area contributed by atoms with Crippen molar-refractivity contribution in [1.82, 2.24) is 0 Å². The van der Waals surface area contributed by atoms with Crippen LogP contribution in [0.25, 0.3) is 0 Å². The number of hydrogen-bond acceptors (Lipinski definition) is 1. The smallest absolute Gasteiger partial charge is 0.0741 e. The van der Waals surface area contributed by atoms with E-state index in [2.05, 4.69) is 28.8 Å². The Kier molecular flexibility index (Phi) is 11.9. The van der Waals surface area contributed by atoms with Crippen LogP contribution >= 0.6 is 39.1 Å². The fourth-order valence-corrected chi connectivity index (χ4v) is 2.14. The minimum Gasteiger partial charge on any atom is -0.391 e. The quantitative estimate of drug-likeness (QED) is 0.357. The van der Waals surface area contributed by atoms with Crippen molar-refractivity contribution in [2.75, 3.05) is 0 Å². The summed E-state index contributed by atoms with van der Waals surface area (Å²) in [5.74, 6) is 2.37. The highest BCUT2D eigenvalue weighted by Crippen LogP contribution is 2.19. The van der Waals surface area contributed by atoms with E-state index >= 15 is 0 Å². The lowest BCUT2D eigenvalue weighted by Gasteiger charge is -2.14. The van der Waals surface area contributed by atoms with Gasteiger partial charge in [0.2, 0.25) is 0 Å². The topological polar surface area (TPSA) is 20.2 Å². The molecule has 4 atom stereocenters. The summed E-state index contributed by atoms with van der Waals surface area (Å²) in [4.78, 5) is 0.324. The van der Waals surface area contributed by atoms with Crippen LogP contribution in [0.4, 0.5) is 0 Å². The Morgan fingerprint density at radius 1 is 1.16 bits per heavy atom. The molecule has 0 aromatic heterocycles. The molecule has 1 N–H and O–H groups in total. The van der Waals surface area contributed by atoms with Gasteiger partial charge in [0.1, 0.15) is 0 Å². The largest absolute Gasteiger partial charge is 0.391 e. The molecule has 0 fully saturated rings. The predicted octanol–water partition coefficient (Wildman–Crippen LogP) is 4.65. The zero-order valence-corrected chi connectivity index (χ0v) is 14.2. The molecular formula is C15H21BrCl2O. The van der Waals surface area contributed by atoms with E-state index in [1.165, 1.54) is 0 Å². The maximum Gasteiger partial charge on any atom is 0.0741 e. The highest BCUT2D eigenvalue weighted by molar-refractivity contribution is 9.09. The standard InChI is InChI=1S/C15H21BrCl2O/c1-3-5-6-11-15(19)14(18)10-8-7-9-13(17)12(16)4-2/h1,5-8,12-15,19H,4,9-11H2,2H3/b6-5-,8-7-/t12-,13-,14+,15+/m0/s1. The number of aliphatic hydroxyl groups excluding tert-OH is 1. The van der Waals surface area contributed by atoms with Crippen molar-refractivity contribution in [3.05, 3.63) is 24.3 Å². The molecule has 0 aliphatic rings. The lowest BCUT2D eigenvalue weighted by Crippen LogP contribution is -2.19. The van der Waals surface area contributed by atoms with Gasteiger partial charge in [-0.3, -0.25) is 0 Å². The van der Waals surface area contributed by atoms with Gasteiger partial charge in [-0.15, -0.1) is 29.6 Å². The number of rotatable bonds is 9. The minimum atomic E-state index is -0.581. The van der Waals surface area contributed by atoms with Crippen LogP contribution in [-0.4, -0.2) is 26.8 Å². The molecule has 0 aliphatic carbocycles. The zero-order valence-electron chi connectivity index (χ0n) is 11.1. The Morgan fingerprint density at radius 3 is 2.26 bits per heavy atom. The van der Waals surface area contributed by atoms with E-state index in [1.807, 2.05) is 12.2 Å². The van der Waals surface area contributed by atoms with Crippen LogP contribution in [0, 0.1) is 12.3 Å². The molecule has 0 aromatic carbocycles. The third-order valence-electron chi connectivity index (χ3n) is 2.68. The Morgan fingerprint density at radius 2 is 1.74 bits per heavy atom. The molecule has 4 heteroatoms. The van der Waals surface area contributed by atoms with E-state index < -0.39 is 6.10 Å². The molecule has 0 saturated carbocycles. The molecule has 0 aliphatic heterocycles. The highest BCUT2D eigenvalue weighted by Gasteiger charge is 2.14. The van der Waals surface area contributed by atoms with Crippen LogP contribution in [0.1, 0.15) is 32.6 Å². The van der Waals surface area contributed by atoms with Crippen LogP contribution in [0.15, 0.2) is 24.3 Å². The first-order valence-corrected chi connectivity index (χ1v) is 8.18. The van der Waals surface area contributed by atoms with Crippen LogP contribution in [0.2, 0.25) is 0 Å². The number of aliphatic hydroxyl groups is 1. The average molecular weight is 368 g/mol. The number of halogens is 3. The number of terminal acetylenes is 1. The first-order valence-electron chi connectivity index (χ1n) is 6.39. The molecule has 0 amide bonds. The van der Waals surface area contributed by atoms with E-state index in [4.69, 9.17) is 29.6 Å². The second kappa shape index (κ2) is 11.9. The second-order valence-electron chi connectivity index (χ2n) is 4.27. The summed E-state index contributed by atoms with van der Waals surface area (Å²) >= 11 is 15.8. The Hall–Kier alpha value is 0.0600. The molecular weight excluding hydrogens is 347 g/mol. The average Bonchev–Trinajstić information content (AvgIpc) is 2.42. The van der Waals surface area contributed by atoms with Gasteiger partial charge < -0.3 is 5.11 Å². The lowest BCUT2D eigenvalue weighted by atomic mass is 10.1. The van der Waals surface area contributed by atoms with Gasteiger partial charge in [-0.2, -0.15) is 0 Å². The molecule has 0 aromatic rings. The maximum atomic E-state index is 9.76. The Balaban J connectivity index is 3.92. The molecule has 0 heterocycles. The van der Waals surface area contributed by atoms with Gasteiger partial charge in [-0.25, -0.2) is 0 Å². The second-order valence-corrected chi connectivity index (χ2v) is 6.57. The van der Waals surface area contributed by atoms with E-state index in [0.717, 1.165) is 12.8 Å². The van der Waals surface area contributed by atoms with Crippen molar-refractivity contribution in [1.29, 1.82) is 0 Å². The van der Waals surface area contributed by atoms with E-state index in [9.17, 15) is 5.11 Å². The highest BCUT2D eigenvalue weighted by atomic mass is 79.9. The molecule has 0 unspecified atom stereocenters. The third kappa shape index (κ3) is 9.57. The first-order chi connectivity index (χ1) is 9.02. The zero-order chi connectivity index (χ0) is 14.7. The van der Waals surface area contributed by atoms with Gasteiger partial charge in [0.05, 0.1) is 11.5 Å². The molecule has 1 nitrogen and oxygen atoms in total. The fourth-order valence-electron chi connectivity index (χ4n) is 1.44. The Bertz CT molecular complexity index is 323. The molecule has 19 heavy (non-hydrogen) atoms. The molecule has 0 spiro atoms. The summed E-state index contributed by atoms with van der Waals surface area (Å²) in [6, 6.07) is 0. The van der Waals surface area contributed by atoms with Gasteiger partial charge >= 0.3 is 0 Å². The van der Waals surface area contributed by atoms with Crippen molar-refractivity contribution in [2.24, 2.45) is 0 Å². The monoisotopic (exact) mass is 366 g/mol. The van der Waals surface area contributed by atoms with Crippen molar-refractivity contribution < 1.29 is 5.11 Å². The number of allylic oxidation sites excluding steroid dienone is 3. The summed E-state index contributed by atoms with van der Waals surface area (Å²) in [7, 11) is 0. The van der Waals surface area contributed by atoms with Gasteiger partial charge in [0.25, 0.3) is 0 Å². The van der Waals surface area contributed by atoms with Crippen LogP contribution < -0.4 is 0 Å². The van der Waals surface area contributed by atoms with Gasteiger partial charge in [-0.1, -0.05) is 47.0 Å². The normalized spacial score (nSPS) is 18.3. The van der Waals surface area contributed by atoms with Crippen molar-refractivity contribution in [2.45, 2.75) is 54.3 Å². The molecule has 108 valence electrons. The number of hydrogen-bond donors (Lipinski definition) is 1. The van der Waals surface area contributed by atoms with E-state index in [-0.39, 0.29) is 10.8 Å². The first kappa shape index (κ1) is 19.1. The predicted molar refractivity (Wildman–Crippen MR) is 89.3 cm³/mol. The minimum absolute atomic E-state index is 0.0820. The summed E-state index contributed by atoms with van der Waals surface area (Å²) in [5.41, 5.74) is 0. The summed E-state index contributed by atoms with van der Waals surface area (Å²) < 4.78 is 0. The number of alkyl halides is 3. The Labute approximate surface area is 135 Å². The summed E-state index contributed by atoms with van der Waals surface area (Å²) in [5, 5.41) is 9.53. The molecule has 0 radical (unpaired) electrons. The molecule has 0 bridgehead atoms. The SMILES string of the molecule is C#C/C=C\C[C@@H](O)[C@H](Cl)C/C=C\C[C@H](Cl)[C@@H](Br)CC.